The monoisotopic (exact) mass is 235 g/mol. The van der Waals surface area contributed by atoms with E-state index in [1.165, 1.54) is 38.8 Å². The Morgan fingerprint density at radius 2 is 2.24 bits per heavy atom. The Morgan fingerprint density at radius 3 is 2.82 bits per heavy atom. The zero-order valence-corrected chi connectivity index (χ0v) is 11.0. The van der Waals surface area contributed by atoms with E-state index in [1.807, 2.05) is 0 Å². The van der Waals surface area contributed by atoms with Crippen LogP contribution in [-0.2, 0) is 0 Å². The third kappa shape index (κ3) is 3.43. The van der Waals surface area contributed by atoms with Crippen LogP contribution < -0.4 is 5.32 Å². The van der Waals surface area contributed by atoms with E-state index < -0.39 is 0 Å². The van der Waals surface area contributed by atoms with Crippen molar-refractivity contribution in [2.24, 2.45) is 11.3 Å². The van der Waals surface area contributed by atoms with Crippen LogP contribution in [-0.4, -0.2) is 38.1 Å². The minimum atomic E-state index is -0.0106. The molecule has 1 heterocycles. The van der Waals surface area contributed by atoms with Gasteiger partial charge in [0.2, 0.25) is 0 Å². The fraction of sp³-hybridized carbons (Fsp3) is 0.929. The molecule has 2 aliphatic rings. The van der Waals surface area contributed by atoms with Crippen LogP contribution in [0, 0.1) is 22.7 Å². The van der Waals surface area contributed by atoms with Gasteiger partial charge in [-0.2, -0.15) is 5.26 Å². The van der Waals surface area contributed by atoms with E-state index in [4.69, 9.17) is 5.26 Å². The molecule has 17 heavy (non-hydrogen) atoms. The smallest absolute Gasteiger partial charge is 0.0703 e. The summed E-state index contributed by atoms with van der Waals surface area (Å²) in [5, 5.41) is 12.6. The number of rotatable bonds is 5. The first kappa shape index (κ1) is 12.9. The highest BCUT2D eigenvalue weighted by molar-refractivity contribution is 5.05. The van der Waals surface area contributed by atoms with Gasteiger partial charge in [-0.15, -0.1) is 0 Å². The molecule has 0 aromatic heterocycles. The molecule has 1 aliphatic carbocycles. The van der Waals surface area contributed by atoms with E-state index in [0.29, 0.717) is 0 Å². The lowest BCUT2D eigenvalue weighted by Crippen LogP contribution is -2.40. The van der Waals surface area contributed by atoms with Gasteiger partial charge in [-0.3, -0.25) is 0 Å². The second kappa shape index (κ2) is 5.84. The number of hydrogen-bond acceptors (Lipinski definition) is 3. The van der Waals surface area contributed by atoms with Crippen molar-refractivity contribution in [2.75, 3.05) is 33.2 Å². The molecule has 0 spiro atoms. The van der Waals surface area contributed by atoms with Crippen molar-refractivity contribution in [1.82, 2.24) is 10.2 Å². The maximum atomic E-state index is 9.12. The molecule has 0 amide bonds. The number of nitriles is 1. The fourth-order valence-corrected chi connectivity index (χ4v) is 3.07. The Balaban J connectivity index is 1.58. The van der Waals surface area contributed by atoms with E-state index in [-0.39, 0.29) is 5.41 Å². The molecule has 1 aliphatic heterocycles. The highest BCUT2D eigenvalue weighted by Gasteiger charge is 2.36. The molecular weight excluding hydrogens is 210 g/mol. The van der Waals surface area contributed by atoms with Crippen LogP contribution in [0.3, 0.4) is 0 Å². The van der Waals surface area contributed by atoms with Gasteiger partial charge in [-0.05, 0) is 58.2 Å². The van der Waals surface area contributed by atoms with Gasteiger partial charge in [-0.25, -0.2) is 0 Å². The molecule has 3 nitrogen and oxygen atoms in total. The molecule has 0 radical (unpaired) electrons. The van der Waals surface area contributed by atoms with Crippen LogP contribution in [0.2, 0.25) is 0 Å². The molecule has 2 rings (SSSR count). The average Bonchev–Trinajstić information content (AvgIpc) is 2.27. The Morgan fingerprint density at radius 1 is 1.41 bits per heavy atom. The Bertz CT molecular complexity index is 278. The summed E-state index contributed by atoms with van der Waals surface area (Å²) < 4.78 is 0. The summed E-state index contributed by atoms with van der Waals surface area (Å²) in [4.78, 5) is 2.44. The standard InChI is InChI=1S/C14H25N3/c1-17-9-2-4-13(10-17)5-8-16-12-14(11-15)6-3-7-14/h13,16H,2-10,12H2,1H3. The zero-order valence-electron chi connectivity index (χ0n) is 11.0. The van der Waals surface area contributed by atoms with Crippen LogP contribution in [0.1, 0.15) is 38.5 Å². The SMILES string of the molecule is CN1CCCC(CCNCC2(C#N)CCC2)C1. The summed E-state index contributed by atoms with van der Waals surface area (Å²) in [5.74, 6) is 0.862. The Labute approximate surface area is 105 Å². The molecule has 1 atom stereocenters. The first-order valence-electron chi connectivity index (χ1n) is 7.05. The van der Waals surface area contributed by atoms with E-state index in [1.54, 1.807) is 0 Å². The maximum Gasteiger partial charge on any atom is 0.0703 e. The number of nitrogens with zero attached hydrogens (tertiary/aromatic N) is 2. The molecule has 1 saturated carbocycles. The van der Waals surface area contributed by atoms with E-state index >= 15 is 0 Å². The molecule has 0 bridgehead atoms. The highest BCUT2D eigenvalue weighted by Crippen LogP contribution is 2.39. The maximum absolute atomic E-state index is 9.12. The van der Waals surface area contributed by atoms with Crippen LogP contribution >= 0.6 is 0 Å². The zero-order chi connectivity index (χ0) is 12.1. The lowest BCUT2D eigenvalue weighted by atomic mass is 9.70. The van der Waals surface area contributed by atoms with Crippen LogP contribution in [0.5, 0.6) is 0 Å². The predicted octanol–water partition coefficient (Wildman–Crippen LogP) is 2.00. The molecule has 1 saturated heterocycles. The summed E-state index contributed by atoms with van der Waals surface area (Å²) in [6.07, 6.45) is 7.44. The Kier molecular flexibility index (Phi) is 4.42. The highest BCUT2D eigenvalue weighted by atomic mass is 15.1. The second-order valence-electron chi connectivity index (χ2n) is 5.98. The molecular formula is C14H25N3. The van der Waals surface area contributed by atoms with Gasteiger partial charge in [0.25, 0.3) is 0 Å². The number of piperidine rings is 1. The van der Waals surface area contributed by atoms with Crippen molar-refractivity contribution >= 4 is 0 Å². The van der Waals surface area contributed by atoms with Crippen molar-refractivity contribution in [2.45, 2.75) is 38.5 Å². The van der Waals surface area contributed by atoms with Crippen molar-refractivity contribution in [3.63, 3.8) is 0 Å². The lowest BCUT2D eigenvalue weighted by molar-refractivity contribution is 0.188. The minimum Gasteiger partial charge on any atom is -0.315 e. The summed E-state index contributed by atoms with van der Waals surface area (Å²) in [6.45, 7) is 4.51. The van der Waals surface area contributed by atoms with E-state index in [2.05, 4.69) is 23.3 Å². The molecule has 2 fully saturated rings. The summed E-state index contributed by atoms with van der Waals surface area (Å²) in [7, 11) is 2.22. The summed E-state index contributed by atoms with van der Waals surface area (Å²) >= 11 is 0. The molecule has 0 aromatic carbocycles. The van der Waals surface area contributed by atoms with E-state index in [0.717, 1.165) is 31.8 Å². The van der Waals surface area contributed by atoms with Gasteiger partial charge in [0.05, 0.1) is 11.5 Å². The van der Waals surface area contributed by atoms with E-state index in [9.17, 15) is 0 Å². The van der Waals surface area contributed by atoms with Gasteiger partial charge < -0.3 is 10.2 Å². The first-order valence-corrected chi connectivity index (χ1v) is 7.05. The quantitative estimate of drug-likeness (QED) is 0.741. The second-order valence-corrected chi connectivity index (χ2v) is 5.98. The molecule has 0 aromatic rings. The normalized spacial score (nSPS) is 28.4. The first-order chi connectivity index (χ1) is 8.24. The molecule has 1 N–H and O–H groups in total. The largest absolute Gasteiger partial charge is 0.315 e. The fourth-order valence-electron chi connectivity index (χ4n) is 3.07. The van der Waals surface area contributed by atoms with Gasteiger partial charge in [0.1, 0.15) is 0 Å². The van der Waals surface area contributed by atoms with Crippen LogP contribution in [0.25, 0.3) is 0 Å². The predicted molar refractivity (Wildman–Crippen MR) is 69.6 cm³/mol. The van der Waals surface area contributed by atoms with Gasteiger partial charge in [0.15, 0.2) is 0 Å². The van der Waals surface area contributed by atoms with Crippen LogP contribution in [0.15, 0.2) is 0 Å². The lowest BCUT2D eigenvalue weighted by Gasteiger charge is -2.35. The van der Waals surface area contributed by atoms with Crippen LogP contribution in [0.4, 0.5) is 0 Å². The van der Waals surface area contributed by atoms with Crippen molar-refractivity contribution in [1.29, 1.82) is 5.26 Å². The topological polar surface area (TPSA) is 39.1 Å². The van der Waals surface area contributed by atoms with Gasteiger partial charge >= 0.3 is 0 Å². The van der Waals surface area contributed by atoms with Gasteiger partial charge in [-0.1, -0.05) is 6.42 Å². The number of likely N-dealkylation sites (tertiary alicyclic amines) is 1. The third-order valence-corrected chi connectivity index (χ3v) is 4.46. The van der Waals surface area contributed by atoms with Crippen molar-refractivity contribution < 1.29 is 0 Å². The summed E-state index contributed by atoms with van der Waals surface area (Å²) in [5.41, 5.74) is -0.0106. The number of hydrogen-bond donors (Lipinski definition) is 1. The van der Waals surface area contributed by atoms with Crippen molar-refractivity contribution in [3.8, 4) is 6.07 Å². The number of nitrogens with one attached hydrogen (secondary N) is 1. The molecule has 3 heteroatoms. The van der Waals surface area contributed by atoms with Gasteiger partial charge in [0, 0.05) is 13.1 Å². The average molecular weight is 235 g/mol. The Hall–Kier alpha value is -0.590. The third-order valence-electron chi connectivity index (χ3n) is 4.46. The molecule has 96 valence electrons. The minimum absolute atomic E-state index is 0.0106. The summed E-state index contributed by atoms with van der Waals surface area (Å²) in [6, 6.07) is 2.49. The molecule has 1 unspecified atom stereocenters. The van der Waals surface area contributed by atoms with Crippen molar-refractivity contribution in [3.05, 3.63) is 0 Å².